The summed E-state index contributed by atoms with van der Waals surface area (Å²) in [5.41, 5.74) is 4.88. The van der Waals surface area contributed by atoms with Crippen molar-refractivity contribution in [1.29, 1.82) is 0 Å². The van der Waals surface area contributed by atoms with Crippen LogP contribution in [0.1, 0.15) is 4.11 Å². The van der Waals surface area contributed by atoms with E-state index < -0.39 is 6.98 Å². The molecule has 216 valence electrons. The van der Waals surface area contributed by atoms with E-state index in [2.05, 4.69) is 37.3 Å². The van der Waals surface area contributed by atoms with Gasteiger partial charge in [-0.25, -0.2) is 9.97 Å². The molecule has 0 spiro atoms. The van der Waals surface area contributed by atoms with Crippen LogP contribution in [0.4, 0.5) is 23.0 Å². The number of methoxy groups -OCH3 is 1. The molecule has 2 aromatic carbocycles. The summed E-state index contributed by atoms with van der Waals surface area (Å²) >= 11 is 0. The number of para-hydroxylation sites is 1. The van der Waals surface area contributed by atoms with E-state index in [1.165, 1.54) is 10.6 Å². The van der Waals surface area contributed by atoms with Gasteiger partial charge in [-0.3, -0.25) is 9.89 Å². The first-order chi connectivity index (χ1) is 21.5. The van der Waals surface area contributed by atoms with Crippen molar-refractivity contribution < 1.29 is 13.6 Å². The number of aromatic amines is 1. The number of nitrogens with one attached hydrogen (secondary N) is 3. The predicted octanol–water partition coefficient (Wildman–Crippen LogP) is 4.90. The van der Waals surface area contributed by atoms with Gasteiger partial charge in [-0.05, 0) is 32.3 Å². The zero-order valence-corrected chi connectivity index (χ0v) is 24.0. The lowest BCUT2D eigenvalue weighted by atomic mass is 10.0. The second-order valence-corrected chi connectivity index (χ2v) is 9.99. The summed E-state index contributed by atoms with van der Waals surface area (Å²) in [7, 11) is 7.49. The lowest BCUT2D eigenvalue weighted by molar-refractivity contribution is -0.111. The topological polar surface area (TPSA) is 116 Å². The standard InChI is InChI=1S/C31H35N9O2/c1-7-29(41)35-24-14-25(28(42-6)15-27(24)39(4)13-12-38(2)3)36-31-32-18-22(20-16-33-34-17-20)30(37-31)23-19-40(5)26-11-9-8-10-21(23)26/h7-11,14-19H,1,12-13H2,2-6H3,(H,33,34)(H,35,41)(H,32,36,37)/i5D3. The van der Waals surface area contributed by atoms with E-state index in [1.807, 2.05) is 44.2 Å². The molecule has 0 aliphatic rings. The molecule has 5 rings (SSSR count). The van der Waals surface area contributed by atoms with Gasteiger partial charge in [0.25, 0.3) is 0 Å². The Labute approximate surface area is 249 Å². The highest BCUT2D eigenvalue weighted by Gasteiger charge is 2.20. The van der Waals surface area contributed by atoms with Gasteiger partial charge >= 0.3 is 0 Å². The Balaban J connectivity index is 1.63. The van der Waals surface area contributed by atoms with E-state index in [1.54, 1.807) is 50.1 Å². The summed E-state index contributed by atoms with van der Waals surface area (Å²) in [5.74, 6) is 0.374. The molecule has 11 nitrogen and oxygen atoms in total. The summed E-state index contributed by atoms with van der Waals surface area (Å²) in [4.78, 5) is 26.0. The molecule has 3 aromatic heterocycles. The number of carbonyl (C=O) groups is 1. The SMILES string of the molecule is [2H]C([2H])([2H])n1cc(-c2nc(Nc3cc(NC(=O)C=C)c(N(C)CCN(C)C)cc3OC)ncc2-c2cn[nH]c2)c2ccccc21. The molecule has 0 aliphatic carbocycles. The molecule has 5 aromatic rings. The molecule has 0 radical (unpaired) electrons. The minimum atomic E-state index is -2.40. The van der Waals surface area contributed by atoms with Crippen molar-refractivity contribution in [2.45, 2.75) is 0 Å². The Morgan fingerprint density at radius 3 is 2.71 bits per heavy atom. The van der Waals surface area contributed by atoms with Gasteiger partial charge < -0.3 is 29.7 Å². The number of carbonyl (C=O) groups excluding carboxylic acids is 1. The van der Waals surface area contributed by atoms with Crippen LogP contribution in [0.2, 0.25) is 0 Å². The fourth-order valence-electron chi connectivity index (χ4n) is 4.65. The van der Waals surface area contributed by atoms with Crippen molar-refractivity contribution in [3.63, 3.8) is 0 Å². The van der Waals surface area contributed by atoms with Crippen molar-refractivity contribution in [1.82, 2.24) is 29.6 Å². The number of ether oxygens (including phenoxy) is 1. The first kappa shape index (κ1) is 24.6. The third kappa shape index (κ3) is 5.81. The van der Waals surface area contributed by atoms with E-state index >= 15 is 0 Å². The fraction of sp³-hybridized carbons (Fsp3) is 0.226. The zero-order chi connectivity index (χ0) is 32.3. The van der Waals surface area contributed by atoms with Crippen LogP contribution in [0.15, 0.2) is 73.8 Å². The van der Waals surface area contributed by atoms with Crippen LogP contribution >= 0.6 is 0 Å². The third-order valence-corrected chi connectivity index (χ3v) is 6.87. The Hall–Kier alpha value is -5.16. The van der Waals surface area contributed by atoms with Crippen LogP contribution in [0.3, 0.4) is 0 Å². The van der Waals surface area contributed by atoms with E-state index in [4.69, 9.17) is 13.8 Å². The van der Waals surface area contributed by atoms with E-state index in [-0.39, 0.29) is 11.9 Å². The maximum absolute atomic E-state index is 12.4. The number of H-pyrrole nitrogens is 1. The van der Waals surface area contributed by atoms with E-state index in [0.29, 0.717) is 46.0 Å². The first-order valence-corrected chi connectivity index (χ1v) is 13.3. The average Bonchev–Trinajstić information content (AvgIpc) is 3.69. The van der Waals surface area contributed by atoms with Gasteiger partial charge in [0.2, 0.25) is 11.9 Å². The van der Waals surface area contributed by atoms with E-state index in [9.17, 15) is 4.79 Å². The smallest absolute Gasteiger partial charge is 0.247 e. The number of amides is 1. The molecule has 0 aliphatic heterocycles. The maximum atomic E-state index is 12.4. The second kappa shape index (κ2) is 12.1. The van der Waals surface area contributed by atoms with Crippen molar-refractivity contribution >= 4 is 39.8 Å². The number of aromatic nitrogens is 5. The van der Waals surface area contributed by atoms with E-state index in [0.717, 1.165) is 23.2 Å². The molecular formula is C31H35N9O2. The molecular weight excluding hydrogens is 530 g/mol. The molecule has 3 N–H and O–H groups in total. The molecule has 3 heterocycles. The Morgan fingerprint density at radius 1 is 1.17 bits per heavy atom. The largest absolute Gasteiger partial charge is 0.494 e. The maximum Gasteiger partial charge on any atom is 0.247 e. The molecule has 1 amide bonds. The lowest BCUT2D eigenvalue weighted by Crippen LogP contribution is -2.29. The number of fused-ring (bicyclic) bond motifs is 1. The molecule has 0 atom stereocenters. The van der Waals surface area contributed by atoms with Crippen LogP contribution in [-0.2, 0) is 11.8 Å². The summed E-state index contributed by atoms with van der Waals surface area (Å²) in [6.45, 7) is 2.68. The van der Waals surface area contributed by atoms with Crippen LogP contribution in [0.5, 0.6) is 5.75 Å². The summed E-state index contributed by atoms with van der Waals surface area (Å²) in [6, 6.07) is 10.9. The highest BCUT2D eigenvalue weighted by molar-refractivity contribution is 6.02. The number of anilines is 4. The molecule has 0 fully saturated rings. The zero-order valence-electron chi connectivity index (χ0n) is 27.0. The van der Waals surface area contributed by atoms with Gasteiger partial charge in [0.1, 0.15) is 5.75 Å². The van der Waals surface area contributed by atoms with Crippen LogP contribution in [-0.4, -0.2) is 76.9 Å². The number of hydrogen-bond acceptors (Lipinski definition) is 8. The summed E-state index contributed by atoms with van der Waals surface area (Å²) in [5, 5.41) is 13.8. The van der Waals surface area contributed by atoms with Crippen LogP contribution in [0.25, 0.3) is 33.3 Å². The van der Waals surface area contributed by atoms with Gasteiger partial charge in [0.05, 0.1) is 36.1 Å². The van der Waals surface area contributed by atoms with Crippen molar-refractivity contribution in [3.8, 4) is 28.1 Å². The molecule has 11 heteroatoms. The molecule has 42 heavy (non-hydrogen) atoms. The number of nitrogens with zero attached hydrogens (tertiary/aromatic N) is 6. The quantitative estimate of drug-likeness (QED) is 0.193. The average molecular weight is 569 g/mol. The minimum Gasteiger partial charge on any atom is -0.494 e. The highest BCUT2D eigenvalue weighted by Crippen LogP contribution is 2.39. The van der Waals surface area contributed by atoms with Crippen molar-refractivity contribution in [2.75, 3.05) is 56.9 Å². The molecule has 0 unspecified atom stereocenters. The molecule has 0 bridgehead atoms. The Bertz CT molecular complexity index is 1830. The van der Waals surface area contributed by atoms with Crippen LogP contribution < -0.4 is 20.3 Å². The van der Waals surface area contributed by atoms with Crippen LogP contribution in [0, 0.1) is 0 Å². The molecule has 0 saturated heterocycles. The predicted molar refractivity (Wildman–Crippen MR) is 168 cm³/mol. The van der Waals surface area contributed by atoms with Crippen molar-refractivity contribution in [3.05, 3.63) is 73.8 Å². The number of aryl methyl sites for hydroxylation is 1. The summed E-state index contributed by atoms with van der Waals surface area (Å²) in [6.07, 6.45) is 7.84. The second-order valence-electron chi connectivity index (χ2n) is 9.99. The van der Waals surface area contributed by atoms with Gasteiger partial charge in [0, 0.05) is 83.5 Å². The van der Waals surface area contributed by atoms with Gasteiger partial charge in [-0.15, -0.1) is 0 Å². The lowest BCUT2D eigenvalue weighted by Gasteiger charge is -2.26. The van der Waals surface area contributed by atoms with Gasteiger partial charge in [-0.2, -0.15) is 5.10 Å². The third-order valence-electron chi connectivity index (χ3n) is 6.87. The first-order valence-electron chi connectivity index (χ1n) is 14.8. The fourth-order valence-corrected chi connectivity index (χ4v) is 4.65. The number of hydrogen-bond donors (Lipinski definition) is 3. The van der Waals surface area contributed by atoms with Gasteiger partial charge in [-0.1, -0.05) is 24.8 Å². The summed E-state index contributed by atoms with van der Waals surface area (Å²) < 4.78 is 31.4. The minimum absolute atomic E-state index is 0.232. The Morgan fingerprint density at radius 2 is 2.00 bits per heavy atom. The number of likely N-dealkylation sites (N-methyl/N-ethyl adjacent to an activating group) is 2. The molecule has 0 saturated carbocycles. The van der Waals surface area contributed by atoms with Gasteiger partial charge in [0.15, 0.2) is 0 Å². The monoisotopic (exact) mass is 568 g/mol. The highest BCUT2D eigenvalue weighted by atomic mass is 16.5. The number of rotatable bonds is 11. The number of benzene rings is 2. The normalized spacial score (nSPS) is 12.5. The Kier molecular flexibility index (Phi) is 7.12. The van der Waals surface area contributed by atoms with Crippen molar-refractivity contribution in [2.24, 2.45) is 6.98 Å².